The molecular formula is C24H27FN2O3. The minimum absolute atomic E-state index is 0.0670. The topological polar surface area (TPSA) is 64.4 Å². The molecule has 0 saturated carbocycles. The summed E-state index contributed by atoms with van der Waals surface area (Å²) in [6.07, 6.45) is 2.79. The minimum Gasteiger partial charge on any atom is -0.493 e. The van der Waals surface area contributed by atoms with Crippen molar-refractivity contribution in [2.24, 2.45) is 0 Å². The lowest BCUT2D eigenvalue weighted by Gasteiger charge is -2.11. The van der Waals surface area contributed by atoms with Gasteiger partial charge in [-0.2, -0.15) is 5.10 Å². The van der Waals surface area contributed by atoms with Crippen molar-refractivity contribution < 1.29 is 19.0 Å². The van der Waals surface area contributed by atoms with E-state index >= 15 is 0 Å². The quantitative estimate of drug-likeness (QED) is 0.474. The van der Waals surface area contributed by atoms with Gasteiger partial charge in [0.15, 0.2) is 0 Å². The molecule has 0 radical (unpaired) electrons. The first-order valence-electron chi connectivity index (χ1n) is 10.3. The third-order valence-electron chi connectivity index (χ3n) is 4.78. The normalized spacial score (nSPS) is 10.9. The monoisotopic (exact) mass is 410 g/mol. The maximum atomic E-state index is 13.4. The van der Waals surface area contributed by atoms with E-state index in [4.69, 9.17) is 9.84 Å². The van der Waals surface area contributed by atoms with Gasteiger partial charge in [-0.25, -0.2) is 4.39 Å². The average molecular weight is 410 g/mol. The molecule has 0 fully saturated rings. The predicted octanol–water partition coefficient (Wildman–Crippen LogP) is 5.57. The molecule has 0 aliphatic heterocycles. The first kappa shape index (κ1) is 21.6. The van der Waals surface area contributed by atoms with E-state index in [1.54, 1.807) is 18.2 Å². The number of hydrogen-bond acceptors (Lipinski definition) is 3. The Balaban J connectivity index is 2.08. The van der Waals surface area contributed by atoms with Crippen LogP contribution in [0.4, 0.5) is 4.39 Å². The molecule has 3 rings (SSSR count). The van der Waals surface area contributed by atoms with E-state index in [0.717, 1.165) is 42.6 Å². The SMILES string of the molecule is CCCCn1nc(-c2cc(CC(=O)O)ccc2OCCC)cc1-c1ccc(F)cc1. The second kappa shape index (κ2) is 10.1. The fraction of sp³-hybridized carbons (Fsp3) is 0.333. The van der Waals surface area contributed by atoms with E-state index < -0.39 is 5.97 Å². The van der Waals surface area contributed by atoms with Crippen molar-refractivity contribution >= 4 is 5.97 Å². The van der Waals surface area contributed by atoms with Crippen LogP contribution in [-0.4, -0.2) is 27.5 Å². The number of carboxylic acid groups (broad SMARTS) is 1. The molecule has 1 N–H and O–H groups in total. The van der Waals surface area contributed by atoms with Crippen LogP contribution in [-0.2, 0) is 17.8 Å². The van der Waals surface area contributed by atoms with Gasteiger partial charge in [0, 0.05) is 17.7 Å². The van der Waals surface area contributed by atoms with Gasteiger partial charge in [-0.1, -0.05) is 26.3 Å². The van der Waals surface area contributed by atoms with Crippen LogP contribution >= 0.6 is 0 Å². The number of aryl methyl sites for hydroxylation is 1. The number of halogens is 1. The lowest BCUT2D eigenvalue weighted by atomic mass is 10.0. The molecule has 1 aromatic heterocycles. The summed E-state index contributed by atoms with van der Waals surface area (Å²) in [4.78, 5) is 11.2. The van der Waals surface area contributed by atoms with E-state index in [0.29, 0.717) is 23.6 Å². The molecule has 0 bridgehead atoms. The van der Waals surface area contributed by atoms with Crippen LogP contribution in [0.1, 0.15) is 38.7 Å². The second-order valence-electron chi connectivity index (χ2n) is 7.25. The number of aliphatic carboxylic acids is 1. The predicted molar refractivity (Wildman–Crippen MR) is 115 cm³/mol. The van der Waals surface area contributed by atoms with E-state index in [1.165, 1.54) is 12.1 Å². The molecule has 3 aromatic rings. The number of carboxylic acids is 1. The smallest absolute Gasteiger partial charge is 0.307 e. The van der Waals surface area contributed by atoms with Gasteiger partial charge in [0.1, 0.15) is 11.6 Å². The number of unbranched alkanes of at least 4 members (excludes halogenated alkanes) is 1. The summed E-state index contributed by atoms with van der Waals surface area (Å²) in [5.74, 6) is -0.490. The largest absolute Gasteiger partial charge is 0.493 e. The van der Waals surface area contributed by atoms with Gasteiger partial charge in [0.2, 0.25) is 0 Å². The van der Waals surface area contributed by atoms with E-state index in [2.05, 4.69) is 6.92 Å². The van der Waals surface area contributed by atoms with E-state index in [-0.39, 0.29) is 12.2 Å². The van der Waals surface area contributed by atoms with Gasteiger partial charge >= 0.3 is 5.97 Å². The standard InChI is InChI=1S/C24H27FN2O3/c1-3-5-12-27-22(18-7-9-19(25)10-8-18)16-21(26-27)20-14-17(15-24(28)29)6-11-23(20)30-13-4-2/h6-11,14,16H,3-5,12-13,15H2,1-2H3,(H,28,29). The lowest BCUT2D eigenvalue weighted by molar-refractivity contribution is -0.136. The Morgan fingerprint density at radius 1 is 1.10 bits per heavy atom. The summed E-state index contributed by atoms with van der Waals surface area (Å²) in [6.45, 7) is 5.45. The highest BCUT2D eigenvalue weighted by Crippen LogP contribution is 2.34. The number of nitrogens with zero attached hydrogens (tertiary/aromatic N) is 2. The van der Waals surface area contributed by atoms with Crippen LogP contribution in [0.15, 0.2) is 48.5 Å². The molecule has 5 nitrogen and oxygen atoms in total. The number of benzene rings is 2. The molecule has 158 valence electrons. The van der Waals surface area contributed by atoms with Gasteiger partial charge in [-0.05, 0) is 60.9 Å². The third-order valence-corrected chi connectivity index (χ3v) is 4.78. The molecule has 0 unspecified atom stereocenters. The zero-order valence-electron chi connectivity index (χ0n) is 17.4. The first-order chi connectivity index (χ1) is 14.5. The Morgan fingerprint density at radius 3 is 2.53 bits per heavy atom. The Morgan fingerprint density at radius 2 is 1.87 bits per heavy atom. The highest BCUT2D eigenvalue weighted by Gasteiger charge is 2.16. The lowest BCUT2D eigenvalue weighted by Crippen LogP contribution is -2.04. The number of ether oxygens (including phenoxy) is 1. The summed E-state index contributed by atoms with van der Waals surface area (Å²) in [6, 6.07) is 13.7. The van der Waals surface area contributed by atoms with Gasteiger partial charge in [-0.3, -0.25) is 9.48 Å². The van der Waals surface area contributed by atoms with Crippen LogP contribution in [0.3, 0.4) is 0 Å². The molecule has 0 saturated heterocycles. The van der Waals surface area contributed by atoms with Crippen LogP contribution in [0.5, 0.6) is 5.75 Å². The molecule has 0 aliphatic carbocycles. The Kier molecular flexibility index (Phi) is 7.22. The highest BCUT2D eigenvalue weighted by molar-refractivity contribution is 5.76. The fourth-order valence-corrected chi connectivity index (χ4v) is 3.28. The van der Waals surface area contributed by atoms with Crippen LogP contribution in [0.25, 0.3) is 22.5 Å². The summed E-state index contributed by atoms with van der Waals surface area (Å²) in [7, 11) is 0. The summed E-state index contributed by atoms with van der Waals surface area (Å²) in [5.41, 5.74) is 3.94. The van der Waals surface area contributed by atoms with E-state index in [1.807, 2.05) is 29.8 Å². The fourth-order valence-electron chi connectivity index (χ4n) is 3.28. The van der Waals surface area contributed by atoms with Crippen LogP contribution in [0, 0.1) is 5.82 Å². The van der Waals surface area contributed by atoms with Gasteiger partial charge in [0.05, 0.1) is 24.4 Å². The maximum Gasteiger partial charge on any atom is 0.307 e. The average Bonchev–Trinajstić information content (AvgIpc) is 3.15. The van der Waals surface area contributed by atoms with Crippen LogP contribution in [0.2, 0.25) is 0 Å². The van der Waals surface area contributed by atoms with Gasteiger partial charge in [-0.15, -0.1) is 0 Å². The number of hydrogen-bond donors (Lipinski definition) is 1. The zero-order chi connectivity index (χ0) is 21.5. The Labute approximate surface area is 176 Å². The summed E-state index contributed by atoms with van der Waals surface area (Å²) in [5, 5.41) is 14.0. The second-order valence-corrected chi connectivity index (χ2v) is 7.25. The highest BCUT2D eigenvalue weighted by atomic mass is 19.1. The van der Waals surface area contributed by atoms with Crippen LogP contribution < -0.4 is 4.74 Å². The van der Waals surface area contributed by atoms with E-state index in [9.17, 15) is 14.3 Å². The molecule has 0 amide bonds. The van der Waals surface area contributed by atoms with Crippen molar-refractivity contribution in [2.75, 3.05) is 6.61 Å². The molecule has 6 heteroatoms. The van der Waals surface area contributed by atoms with Crippen molar-refractivity contribution in [1.29, 1.82) is 0 Å². The molecule has 2 aromatic carbocycles. The molecule has 0 atom stereocenters. The number of carbonyl (C=O) groups is 1. The minimum atomic E-state index is -0.886. The molecule has 0 spiro atoms. The van der Waals surface area contributed by atoms with Crippen molar-refractivity contribution in [3.63, 3.8) is 0 Å². The van der Waals surface area contributed by atoms with Gasteiger partial charge in [0.25, 0.3) is 0 Å². The molecule has 30 heavy (non-hydrogen) atoms. The molecule has 1 heterocycles. The molecule has 0 aliphatic rings. The maximum absolute atomic E-state index is 13.4. The zero-order valence-corrected chi connectivity index (χ0v) is 17.4. The van der Waals surface area contributed by atoms with Crippen molar-refractivity contribution in [1.82, 2.24) is 9.78 Å². The number of rotatable bonds is 10. The number of aromatic nitrogens is 2. The van der Waals surface area contributed by atoms with Gasteiger partial charge < -0.3 is 9.84 Å². The molecular weight excluding hydrogens is 383 g/mol. The van der Waals surface area contributed by atoms with Crippen molar-refractivity contribution in [2.45, 2.75) is 46.1 Å². The summed E-state index contributed by atoms with van der Waals surface area (Å²) >= 11 is 0. The van der Waals surface area contributed by atoms with Crippen molar-refractivity contribution in [3.8, 4) is 28.3 Å². The third kappa shape index (κ3) is 5.26. The first-order valence-corrected chi connectivity index (χ1v) is 10.3. The van der Waals surface area contributed by atoms with Crippen molar-refractivity contribution in [3.05, 3.63) is 59.9 Å². The Hall–Kier alpha value is -3.15. The summed E-state index contributed by atoms with van der Waals surface area (Å²) < 4.78 is 21.2. The Bertz CT molecular complexity index is 996.